The first-order valence-corrected chi connectivity index (χ1v) is 8.12. The first kappa shape index (κ1) is 16.8. The van der Waals surface area contributed by atoms with E-state index >= 15 is 0 Å². The van der Waals surface area contributed by atoms with E-state index in [4.69, 9.17) is 6.57 Å². The zero-order valence-corrected chi connectivity index (χ0v) is 14.3. The summed E-state index contributed by atoms with van der Waals surface area (Å²) in [6.07, 6.45) is 1.91. The Kier molecular flexibility index (Phi) is 4.32. The first-order chi connectivity index (χ1) is 12.1. The fraction of sp³-hybridized carbons (Fsp3) is 0.316. The molecule has 0 bridgehead atoms. The van der Waals surface area contributed by atoms with Crippen molar-refractivity contribution in [2.45, 2.75) is 19.1 Å². The summed E-state index contributed by atoms with van der Waals surface area (Å²) in [5.41, 5.74) is 0.961. The van der Waals surface area contributed by atoms with Crippen LogP contribution in [0.2, 0.25) is 0 Å². The number of benzene rings is 1. The fourth-order valence-electron chi connectivity index (χ4n) is 3.80. The number of aromatic nitrogens is 1. The summed E-state index contributed by atoms with van der Waals surface area (Å²) in [7, 11) is 1.42. The highest BCUT2D eigenvalue weighted by Crippen LogP contribution is 2.42. The Balaban J connectivity index is 0.000000569. The van der Waals surface area contributed by atoms with Crippen LogP contribution in [0, 0.1) is 6.57 Å². The summed E-state index contributed by atoms with van der Waals surface area (Å²) in [5.74, 6) is -0.0152. The van der Waals surface area contributed by atoms with Crippen LogP contribution in [-0.4, -0.2) is 46.3 Å². The summed E-state index contributed by atoms with van der Waals surface area (Å²) in [5, 5.41) is 0. The van der Waals surface area contributed by atoms with Crippen molar-refractivity contribution in [3.63, 3.8) is 0 Å². The van der Waals surface area contributed by atoms with Gasteiger partial charge in [-0.05, 0) is 17.7 Å². The lowest BCUT2D eigenvalue weighted by molar-refractivity contribution is -0.138. The van der Waals surface area contributed by atoms with Gasteiger partial charge in [0.25, 0.3) is 5.91 Å². The molecule has 3 heterocycles. The third-order valence-corrected chi connectivity index (χ3v) is 4.74. The topological polar surface area (TPSA) is 49.9 Å². The van der Waals surface area contributed by atoms with Gasteiger partial charge in [-0.3, -0.25) is 9.59 Å². The van der Waals surface area contributed by atoms with Crippen molar-refractivity contribution >= 4 is 11.8 Å². The second-order valence-electron chi connectivity index (χ2n) is 6.06. The SMILES string of the molecule is CC(=O)N1CCN2C(=O)c3cccn3CC12c1ccccc1.[C-]#[N+]C. The molecule has 1 fully saturated rings. The van der Waals surface area contributed by atoms with E-state index in [1.807, 2.05) is 63.0 Å². The Morgan fingerprint density at radius 1 is 1.16 bits per heavy atom. The van der Waals surface area contributed by atoms with Crippen LogP contribution >= 0.6 is 0 Å². The maximum absolute atomic E-state index is 12.9. The van der Waals surface area contributed by atoms with Crippen LogP contribution in [-0.2, 0) is 17.0 Å². The van der Waals surface area contributed by atoms with E-state index in [9.17, 15) is 9.59 Å². The van der Waals surface area contributed by atoms with Crippen molar-refractivity contribution in [1.82, 2.24) is 14.4 Å². The Morgan fingerprint density at radius 2 is 1.84 bits per heavy atom. The molecule has 6 nitrogen and oxygen atoms in total. The molecule has 1 atom stereocenters. The molecule has 128 valence electrons. The van der Waals surface area contributed by atoms with Gasteiger partial charge in [0, 0.05) is 26.2 Å². The summed E-state index contributed by atoms with van der Waals surface area (Å²) in [6, 6.07) is 13.6. The summed E-state index contributed by atoms with van der Waals surface area (Å²) in [4.78, 5) is 31.5. The van der Waals surface area contributed by atoms with Crippen molar-refractivity contribution in [3.05, 3.63) is 71.3 Å². The molecule has 4 rings (SSSR count). The van der Waals surface area contributed by atoms with Crippen LogP contribution in [0.1, 0.15) is 23.0 Å². The van der Waals surface area contributed by atoms with E-state index < -0.39 is 5.66 Å². The number of fused-ring (bicyclic) bond motifs is 2. The first-order valence-electron chi connectivity index (χ1n) is 8.12. The van der Waals surface area contributed by atoms with E-state index in [-0.39, 0.29) is 11.8 Å². The molecule has 2 aliphatic heterocycles. The Labute approximate surface area is 147 Å². The average molecular weight is 336 g/mol. The number of carbonyl (C=O) groups excluding carboxylic acids is 2. The minimum absolute atomic E-state index is 0.00485. The maximum Gasteiger partial charge on any atom is 0.272 e. The molecule has 0 radical (unpaired) electrons. The molecular formula is C19H20N4O2. The number of hydrogen-bond acceptors (Lipinski definition) is 2. The molecule has 0 spiro atoms. The van der Waals surface area contributed by atoms with Gasteiger partial charge in [-0.25, -0.2) is 6.57 Å². The number of hydrogen-bond donors (Lipinski definition) is 0. The van der Waals surface area contributed by atoms with E-state index in [0.29, 0.717) is 25.3 Å². The Morgan fingerprint density at radius 3 is 2.48 bits per heavy atom. The Hall–Kier alpha value is -3.07. The number of nitrogens with zero attached hydrogens (tertiary/aromatic N) is 4. The molecule has 6 heteroatoms. The molecule has 2 amide bonds. The van der Waals surface area contributed by atoms with Gasteiger partial charge in [-0.2, -0.15) is 0 Å². The van der Waals surface area contributed by atoms with Crippen molar-refractivity contribution < 1.29 is 9.59 Å². The van der Waals surface area contributed by atoms with Crippen molar-refractivity contribution in [3.8, 4) is 0 Å². The van der Waals surface area contributed by atoms with Crippen molar-refractivity contribution in [2.75, 3.05) is 20.1 Å². The van der Waals surface area contributed by atoms with Crippen LogP contribution in [0.15, 0.2) is 48.7 Å². The lowest BCUT2D eigenvalue weighted by atomic mass is 9.94. The molecule has 0 aliphatic carbocycles. The summed E-state index contributed by atoms with van der Waals surface area (Å²) < 4.78 is 1.95. The molecule has 2 aromatic rings. The summed E-state index contributed by atoms with van der Waals surface area (Å²) >= 11 is 0. The minimum Gasteiger partial charge on any atom is -0.339 e. The van der Waals surface area contributed by atoms with Crippen LogP contribution in [0.5, 0.6) is 0 Å². The molecule has 1 aromatic heterocycles. The van der Waals surface area contributed by atoms with Gasteiger partial charge in [0.2, 0.25) is 13.0 Å². The molecule has 1 saturated heterocycles. The van der Waals surface area contributed by atoms with Crippen LogP contribution in [0.3, 0.4) is 0 Å². The zero-order chi connectivity index (χ0) is 18.0. The monoisotopic (exact) mass is 336 g/mol. The zero-order valence-electron chi connectivity index (χ0n) is 14.3. The van der Waals surface area contributed by atoms with Gasteiger partial charge in [-0.15, -0.1) is 0 Å². The number of carbonyl (C=O) groups is 2. The van der Waals surface area contributed by atoms with Crippen LogP contribution < -0.4 is 0 Å². The van der Waals surface area contributed by atoms with Gasteiger partial charge in [0.15, 0.2) is 5.66 Å². The molecular weight excluding hydrogens is 316 g/mol. The maximum atomic E-state index is 12.9. The Bertz CT molecular complexity index is 837. The van der Waals surface area contributed by atoms with Gasteiger partial charge in [-0.1, -0.05) is 30.3 Å². The summed E-state index contributed by atoms with van der Waals surface area (Å²) in [6.45, 7) is 9.12. The molecule has 1 unspecified atom stereocenters. The standard InChI is InChI=1S/C17H17N3O2.C2H3N/c1-13(21)19-10-11-20-16(22)15-8-5-9-18(15)12-17(19,20)14-6-3-2-4-7-14;1-3-2/h2-9H,10-12H2,1H3;1H3. The van der Waals surface area contributed by atoms with Crippen LogP contribution in [0.25, 0.3) is 4.85 Å². The molecule has 0 N–H and O–H groups in total. The lowest BCUT2D eigenvalue weighted by Crippen LogP contribution is -2.59. The van der Waals surface area contributed by atoms with E-state index in [2.05, 4.69) is 4.85 Å². The number of rotatable bonds is 1. The third-order valence-electron chi connectivity index (χ3n) is 4.74. The largest absolute Gasteiger partial charge is 0.339 e. The average Bonchev–Trinajstić information content (AvgIpc) is 3.22. The molecule has 25 heavy (non-hydrogen) atoms. The van der Waals surface area contributed by atoms with Gasteiger partial charge in [0.1, 0.15) is 5.69 Å². The van der Waals surface area contributed by atoms with Gasteiger partial charge < -0.3 is 19.2 Å². The van der Waals surface area contributed by atoms with E-state index in [1.165, 1.54) is 7.05 Å². The van der Waals surface area contributed by atoms with Crippen molar-refractivity contribution in [1.29, 1.82) is 0 Å². The second-order valence-corrected chi connectivity index (χ2v) is 6.06. The molecule has 0 saturated carbocycles. The van der Waals surface area contributed by atoms with Crippen LogP contribution in [0.4, 0.5) is 0 Å². The minimum atomic E-state index is -0.712. The predicted molar refractivity (Wildman–Crippen MR) is 93.5 cm³/mol. The smallest absolute Gasteiger partial charge is 0.272 e. The van der Waals surface area contributed by atoms with Gasteiger partial charge in [0.05, 0.1) is 6.54 Å². The normalized spacial score (nSPS) is 20.9. The number of amides is 2. The van der Waals surface area contributed by atoms with Gasteiger partial charge >= 0.3 is 0 Å². The third kappa shape index (κ3) is 2.49. The predicted octanol–water partition coefficient (Wildman–Crippen LogP) is 2.19. The quantitative estimate of drug-likeness (QED) is 0.750. The van der Waals surface area contributed by atoms with Crippen molar-refractivity contribution in [2.24, 2.45) is 0 Å². The van der Waals surface area contributed by atoms with E-state index in [1.54, 1.807) is 6.92 Å². The lowest BCUT2D eigenvalue weighted by Gasteiger charge is -2.47. The molecule has 1 aromatic carbocycles. The highest BCUT2D eigenvalue weighted by molar-refractivity contribution is 5.95. The fourth-order valence-corrected chi connectivity index (χ4v) is 3.80. The highest BCUT2D eigenvalue weighted by Gasteiger charge is 2.55. The van der Waals surface area contributed by atoms with E-state index in [0.717, 1.165) is 5.56 Å². The molecule has 2 aliphatic rings. The highest BCUT2D eigenvalue weighted by atomic mass is 16.2. The second kappa shape index (κ2) is 6.44.